The Morgan fingerprint density at radius 1 is 1.33 bits per heavy atom. The second-order valence-electron chi connectivity index (χ2n) is 2.84. The van der Waals surface area contributed by atoms with Gasteiger partial charge in [-0.2, -0.15) is 0 Å². The van der Waals surface area contributed by atoms with E-state index in [0.717, 1.165) is 5.57 Å². The van der Waals surface area contributed by atoms with Gasteiger partial charge in [-0.05, 0) is 24.6 Å². The van der Waals surface area contributed by atoms with Crippen molar-refractivity contribution in [2.75, 3.05) is 14.2 Å². The second-order valence-corrected chi connectivity index (χ2v) is 2.84. The van der Waals surface area contributed by atoms with E-state index in [1.54, 1.807) is 20.3 Å². The van der Waals surface area contributed by atoms with Gasteiger partial charge >= 0.3 is 0 Å². The van der Waals surface area contributed by atoms with E-state index < -0.39 is 0 Å². The molecule has 68 valence electrons. The molecule has 0 saturated carbocycles. The fraction of sp³-hybridized carbons (Fsp3) is 0.556. The number of rotatable bonds is 2. The molecule has 1 aliphatic rings. The fourth-order valence-corrected chi connectivity index (χ4v) is 1.32. The molecule has 0 aromatic carbocycles. The van der Waals surface area contributed by atoms with Gasteiger partial charge < -0.3 is 14.6 Å². The first kappa shape index (κ1) is 9.29. The van der Waals surface area contributed by atoms with E-state index in [2.05, 4.69) is 0 Å². The Hall–Kier alpha value is -0.800. The van der Waals surface area contributed by atoms with Gasteiger partial charge in [-0.15, -0.1) is 0 Å². The fourth-order valence-electron chi connectivity index (χ4n) is 1.32. The SMILES string of the molecule is COC1C=C(C)C=C(O)C1OC. The number of aliphatic hydroxyl groups excluding tert-OH is 1. The van der Waals surface area contributed by atoms with Crippen LogP contribution in [-0.4, -0.2) is 31.5 Å². The lowest BCUT2D eigenvalue weighted by atomic mass is 10.0. The lowest BCUT2D eigenvalue weighted by Gasteiger charge is -2.25. The minimum atomic E-state index is -0.362. The first-order valence-electron chi connectivity index (χ1n) is 3.83. The van der Waals surface area contributed by atoms with Crippen molar-refractivity contribution in [3.05, 3.63) is 23.5 Å². The number of hydrogen-bond donors (Lipinski definition) is 1. The topological polar surface area (TPSA) is 38.7 Å². The van der Waals surface area contributed by atoms with E-state index in [-0.39, 0.29) is 18.0 Å². The van der Waals surface area contributed by atoms with Gasteiger partial charge in [0.2, 0.25) is 0 Å². The third kappa shape index (κ3) is 1.68. The maximum absolute atomic E-state index is 9.46. The smallest absolute Gasteiger partial charge is 0.143 e. The highest BCUT2D eigenvalue weighted by atomic mass is 16.5. The summed E-state index contributed by atoms with van der Waals surface area (Å²) in [4.78, 5) is 0. The van der Waals surface area contributed by atoms with Gasteiger partial charge in [0.1, 0.15) is 18.0 Å². The predicted molar refractivity (Wildman–Crippen MR) is 46.1 cm³/mol. The molecular formula is C9H14O3. The predicted octanol–water partition coefficient (Wildman–Crippen LogP) is 1.42. The molecular weight excluding hydrogens is 156 g/mol. The number of allylic oxidation sites excluding steroid dienone is 2. The normalized spacial score (nSPS) is 29.6. The highest BCUT2D eigenvalue weighted by Gasteiger charge is 2.25. The molecule has 2 unspecified atom stereocenters. The zero-order valence-corrected chi connectivity index (χ0v) is 7.57. The average Bonchev–Trinajstić information content (AvgIpc) is 2.03. The van der Waals surface area contributed by atoms with Crippen molar-refractivity contribution in [2.45, 2.75) is 19.1 Å². The standard InChI is InChI=1S/C9H14O3/c1-6-4-7(10)9(12-3)8(5-6)11-2/h4-5,8-10H,1-3H3. The van der Waals surface area contributed by atoms with Crippen molar-refractivity contribution in [1.29, 1.82) is 0 Å². The number of methoxy groups -OCH3 is 2. The van der Waals surface area contributed by atoms with Crippen LogP contribution in [0, 0.1) is 0 Å². The minimum Gasteiger partial charge on any atom is -0.509 e. The largest absolute Gasteiger partial charge is 0.509 e. The number of hydrogen-bond acceptors (Lipinski definition) is 3. The van der Waals surface area contributed by atoms with Gasteiger partial charge in [0, 0.05) is 14.2 Å². The summed E-state index contributed by atoms with van der Waals surface area (Å²) in [5.41, 5.74) is 0.993. The van der Waals surface area contributed by atoms with Gasteiger partial charge in [-0.3, -0.25) is 0 Å². The Morgan fingerprint density at radius 3 is 2.50 bits per heavy atom. The van der Waals surface area contributed by atoms with Crippen LogP contribution in [0.3, 0.4) is 0 Å². The van der Waals surface area contributed by atoms with E-state index in [1.807, 2.05) is 13.0 Å². The van der Waals surface area contributed by atoms with Crippen molar-refractivity contribution in [3.8, 4) is 0 Å². The van der Waals surface area contributed by atoms with Crippen LogP contribution < -0.4 is 0 Å². The zero-order valence-electron chi connectivity index (χ0n) is 7.57. The molecule has 3 nitrogen and oxygen atoms in total. The van der Waals surface area contributed by atoms with Crippen LogP contribution in [0.1, 0.15) is 6.92 Å². The summed E-state index contributed by atoms with van der Waals surface area (Å²) in [6.07, 6.45) is 3.07. The summed E-state index contributed by atoms with van der Waals surface area (Å²) in [6.45, 7) is 1.91. The molecule has 0 amide bonds. The molecule has 0 aromatic rings. The van der Waals surface area contributed by atoms with Crippen LogP contribution in [-0.2, 0) is 9.47 Å². The van der Waals surface area contributed by atoms with Gasteiger partial charge in [-0.1, -0.05) is 0 Å². The Balaban J connectivity index is 2.83. The minimum absolute atomic E-state index is 0.181. The monoisotopic (exact) mass is 170 g/mol. The van der Waals surface area contributed by atoms with Crippen molar-refractivity contribution in [3.63, 3.8) is 0 Å². The highest BCUT2D eigenvalue weighted by Crippen LogP contribution is 2.20. The molecule has 0 saturated heterocycles. The van der Waals surface area contributed by atoms with E-state index >= 15 is 0 Å². The summed E-state index contributed by atoms with van der Waals surface area (Å²) in [5.74, 6) is 0.226. The van der Waals surface area contributed by atoms with E-state index in [9.17, 15) is 5.11 Å². The first-order valence-corrected chi connectivity index (χ1v) is 3.83. The highest BCUT2D eigenvalue weighted by molar-refractivity contribution is 5.28. The van der Waals surface area contributed by atoms with Crippen LogP contribution in [0.15, 0.2) is 23.5 Å². The van der Waals surface area contributed by atoms with Crippen molar-refractivity contribution >= 4 is 0 Å². The lowest BCUT2D eigenvalue weighted by Crippen LogP contribution is -2.32. The van der Waals surface area contributed by atoms with Gasteiger partial charge in [0.05, 0.1) is 0 Å². The maximum atomic E-state index is 9.46. The maximum Gasteiger partial charge on any atom is 0.143 e. The van der Waals surface area contributed by atoms with E-state index in [0.29, 0.717) is 0 Å². The van der Waals surface area contributed by atoms with E-state index in [1.165, 1.54) is 0 Å². The summed E-state index contributed by atoms with van der Waals surface area (Å²) < 4.78 is 10.2. The third-order valence-electron chi connectivity index (χ3n) is 1.92. The molecule has 0 fully saturated rings. The summed E-state index contributed by atoms with van der Waals surface area (Å²) >= 11 is 0. The quantitative estimate of drug-likeness (QED) is 0.681. The summed E-state index contributed by atoms with van der Waals surface area (Å²) in [7, 11) is 3.15. The average molecular weight is 170 g/mol. The Labute approximate surface area is 72.3 Å². The summed E-state index contributed by atoms with van der Waals surface area (Å²) in [6, 6.07) is 0. The van der Waals surface area contributed by atoms with Crippen molar-refractivity contribution < 1.29 is 14.6 Å². The Kier molecular flexibility index (Phi) is 2.89. The van der Waals surface area contributed by atoms with Crippen LogP contribution >= 0.6 is 0 Å². The van der Waals surface area contributed by atoms with Gasteiger partial charge in [0.25, 0.3) is 0 Å². The second kappa shape index (κ2) is 3.74. The van der Waals surface area contributed by atoms with Crippen LogP contribution in [0.2, 0.25) is 0 Å². The molecule has 0 bridgehead atoms. The van der Waals surface area contributed by atoms with Crippen molar-refractivity contribution in [1.82, 2.24) is 0 Å². The lowest BCUT2D eigenvalue weighted by molar-refractivity contribution is -0.0131. The molecule has 0 radical (unpaired) electrons. The molecule has 0 aromatic heterocycles. The van der Waals surface area contributed by atoms with Gasteiger partial charge in [0.15, 0.2) is 0 Å². The zero-order chi connectivity index (χ0) is 9.14. The molecule has 2 atom stereocenters. The molecule has 12 heavy (non-hydrogen) atoms. The Morgan fingerprint density at radius 2 is 2.00 bits per heavy atom. The van der Waals surface area contributed by atoms with Gasteiger partial charge in [-0.25, -0.2) is 0 Å². The molecule has 3 heteroatoms. The number of ether oxygens (including phenoxy) is 2. The number of aliphatic hydroxyl groups is 1. The molecule has 0 heterocycles. The van der Waals surface area contributed by atoms with Crippen LogP contribution in [0.25, 0.3) is 0 Å². The molecule has 1 N–H and O–H groups in total. The first-order chi connectivity index (χ1) is 5.69. The molecule has 0 spiro atoms. The molecule has 1 aliphatic carbocycles. The van der Waals surface area contributed by atoms with Crippen LogP contribution in [0.5, 0.6) is 0 Å². The Bertz CT molecular complexity index is 218. The van der Waals surface area contributed by atoms with Crippen LogP contribution in [0.4, 0.5) is 0 Å². The van der Waals surface area contributed by atoms with Crippen molar-refractivity contribution in [2.24, 2.45) is 0 Å². The van der Waals surface area contributed by atoms with E-state index in [4.69, 9.17) is 9.47 Å². The molecule has 1 rings (SSSR count). The third-order valence-corrected chi connectivity index (χ3v) is 1.92. The summed E-state index contributed by atoms with van der Waals surface area (Å²) in [5, 5.41) is 9.46. The molecule has 0 aliphatic heterocycles.